The molecule has 23 heavy (non-hydrogen) atoms. The number of allylic oxidation sites excluding steroid dienone is 2. The molecule has 0 amide bonds. The van der Waals surface area contributed by atoms with Crippen LogP contribution in [-0.4, -0.2) is 12.1 Å². The normalized spacial score (nSPS) is 48.7. The van der Waals surface area contributed by atoms with Crippen LogP contribution in [0.25, 0.3) is 0 Å². The van der Waals surface area contributed by atoms with E-state index in [0.717, 1.165) is 24.2 Å². The summed E-state index contributed by atoms with van der Waals surface area (Å²) in [7, 11) is 0. The molecule has 0 saturated heterocycles. The average molecular weight is 316 g/mol. The largest absolute Gasteiger partial charge is 0.462 e. The van der Waals surface area contributed by atoms with Gasteiger partial charge < -0.3 is 4.74 Å². The first kappa shape index (κ1) is 15.7. The Morgan fingerprint density at radius 1 is 1.13 bits per heavy atom. The molecule has 0 aromatic heterocycles. The summed E-state index contributed by atoms with van der Waals surface area (Å²) in [5.41, 5.74) is 2.49. The second kappa shape index (κ2) is 5.36. The third kappa shape index (κ3) is 2.23. The van der Waals surface area contributed by atoms with Gasteiger partial charge in [-0.15, -0.1) is 0 Å². The maximum absolute atomic E-state index is 11.5. The maximum atomic E-state index is 11.5. The standard InChI is InChI=1S/C21H32O2/c1-14(22)23-19-10-9-17-16-8-7-15-6-4-5-12-20(15,2)18(16)11-13-21(17,19)3/h6,16-19H,4-5,7-13H2,1-3H3/t16-,17-,18+,19?,20-,21-/m0/s1. The van der Waals surface area contributed by atoms with Crippen molar-refractivity contribution in [1.82, 2.24) is 0 Å². The molecule has 4 aliphatic rings. The number of hydrogen-bond donors (Lipinski definition) is 0. The first-order valence-corrected chi connectivity index (χ1v) is 9.82. The number of rotatable bonds is 1. The van der Waals surface area contributed by atoms with Gasteiger partial charge in [-0.05, 0) is 81.0 Å². The number of ether oxygens (including phenoxy) is 1. The summed E-state index contributed by atoms with van der Waals surface area (Å²) in [6.45, 7) is 6.56. The van der Waals surface area contributed by atoms with Gasteiger partial charge in [0.25, 0.3) is 0 Å². The summed E-state index contributed by atoms with van der Waals surface area (Å²) in [6, 6.07) is 0. The van der Waals surface area contributed by atoms with E-state index in [2.05, 4.69) is 19.9 Å². The van der Waals surface area contributed by atoms with Crippen molar-refractivity contribution in [2.45, 2.75) is 84.7 Å². The Balaban J connectivity index is 1.61. The van der Waals surface area contributed by atoms with E-state index in [4.69, 9.17) is 4.74 Å². The summed E-state index contributed by atoms with van der Waals surface area (Å²) >= 11 is 0. The fourth-order valence-electron chi connectivity index (χ4n) is 7.10. The van der Waals surface area contributed by atoms with E-state index in [9.17, 15) is 4.79 Å². The number of esters is 1. The summed E-state index contributed by atoms with van der Waals surface area (Å²) < 4.78 is 5.74. The molecule has 0 aromatic rings. The number of carbonyl (C=O) groups excluding carboxylic acids is 1. The van der Waals surface area contributed by atoms with Crippen LogP contribution in [-0.2, 0) is 9.53 Å². The Morgan fingerprint density at radius 3 is 2.74 bits per heavy atom. The van der Waals surface area contributed by atoms with E-state index in [1.54, 1.807) is 12.5 Å². The lowest BCUT2D eigenvalue weighted by Gasteiger charge is -2.58. The summed E-state index contributed by atoms with van der Waals surface area (Å²) in [4.78, 5) is 11.5. The molecule has 4 aliphatic carbocycles. The number of hydrogen-bond acceptors (Lipinski definition) is 2. The van der Waals surface area contributed by atoms with E-state index in [1.165, 1.54) is 51.4 Å². The van der Waals surface area contributed by atoms with Gasteiger partial charge in [0.2, 0.25) is 0 Å². The van der Waals surface area contributed by atoms with Crippen LogP contribution in [0.4, 0.5) is 0 Å². The fourth-order valence-corrected chi connectivity index (χ4v) is 7.10. The third-order valence-corrected chi connectivity index (χ3v) is 8.25. The van der Waals surface area contributed by atoms with Crippen LogP contribution in [0.5, 0.6) is 0 Å². The molecular formula is C21H32O2. The molecule has 2 heteroatoms. The van der Waals surface area contributed by atoms with E-state index in [0.29, 0.717) is 5.41 Å². The minimum absolute atomic E-state index is 0.0906. The van der Waals surface area contributed by atoms with Crippen molar-refractivity contribution in [3.8, 4) is 0 Å². The number of carbonyl (C=O) groups is 1. The second-order valence-corrected chi connectivity index (χ2v) is 9.17. The van der Waals surface area contributed by atoms with Crippen molar-refractivity contribution in [2.24, 2.45) is 28.6 Å². The molecule has 6 atom stereocenters. The number of fused-ring (bicyclic) bond motifs is 5. The zero-order valence-corrected chi connectivity index (χ0v) is 15.1. The van der Waals surface area contributed by atoms with Gasteiger partial charge >= 0.3 is 5.97 Å². The van der Waals surface area contributed by atoms with Gasteiger partial charge in [0.05, 0.1) is 0 Å². The van der Waals surface area contributed by atoms with E-state index in [1.807, 2.05) is 0 Å². The predicted octanol–water partition coefficient (Wildman–Crippen LogP) is 5.27. The first-order chi connectivity index (χ1) is 10.9. The van der Waals surface area contributed by atoms with Crippen molar-refractivity contribution in [1.29, 1.82) is 0 Å². The molecule has 0 N–H and O–H groups in total. The van der Waals surface area contributed by atoms with Crippen molar-refractivity contribution in [3.63, 3.8) is 0 Å². The average Bonchev–Trinajstić information content (AvgIpc) is 2.83. The third-order valence-electron chi connectivity index (χ3n) is 8.25. The Kier molecular flexibility index (Phi) is 3.66. The van der Waals surface area contributed by atoms with Gasteiger partial charge in [0.1, 0.15) is 6.10 Å². The highest BCUT2D eigenvalue weighted by molar-refractivity contribution is 5.66. The first-order valence-electron chi connectivity index (χ1n) is 9.82. The zero-order valence-electron chi connectivity index (χ0n) is 15.1. The van der Waals surface area contributed by atoms with Crippen LogP contribution in [0.2, 0.25) is 0 Å². The predicted molar refractivity (Wildman–Crippen MR) is 91.9 cm³/mol. The molecule has 0 radical (unpaired) electrons. The molecule has 3 saturated carbocycles. The Labute approximate surface area is 141 Å². The maximum Gasteiger partial charge on any atom is 0.302 e. The highest BCUT2D eigenvalue weighted by atomic mass is 16.5. The molecule has 0 spiro atoms. The van der Waals surface area contributed by atoms with Crippen LogP contribution >= 0.6 is 0 Å². The van der Waals surface area contributed by atoms with E-state index >= 15 is 0 Å². The van der Waals surface area contributed by atoms with E-state index in [-0.39, 0.29) is 17.5 Å². The molecule has 4 rings (SSSR count). The highest BCUT2D eigenvalue weighted by Crippen LogP contribution is 2.65. The van der Waals surface area contributed by atoms with Crippen LogP contribution in [0.1, 0.15) is 78.6 Å². The molecular weight excluding hydrogens is 284 g/mol. The van der Waals surface area contributed by atoms with Gasteiger partial charge in [-0.25, -0.2) is 0 Å². The van der Waals surface area contributed by atoms with Gasteiger partial charge in [0.15, 0.2) is 0 Å². The summed E-state index contributed by atoms with van der Waals surface area (Å²) in [6.07, 6.45) is 14.5. The van der Waals surface area contributed by atoms with Crippen molar-refractivity contribution in [3.05, 3.63) is 11.6 Å². The highest BCUT2D eigenvalue weighted by Gasteiger charge is 2.59. The molecule has 0 heterocycles. The summed E-state index contributed by atoms with van der Waals surface area (Å²) in [5, 5.41) is 0. The second-order valence-electron chi connectivity index (χ2n) is 9.17. The zero-order chi connectivity index (χ0) is 16.2. The smallest absolute Gasteiger partial charge is 0.302 e. The molecule has 0 aliphatic heterocycles. The quantitative estimate of drug-likeness (QED) is 0.486. The minimum Gasteiger partial charge on any atom is -0.462 e. The minimum atomic E-state index is -0.0906. The van der Waals surface area contributed by atoms with Crippen molar-refractivity contribution < 1.29 is 9.53 Å². The molecule has 3 fully saturated rings. The Morgan fingerprint density at radius 2 is 1.96 bits per heavy atom. The monoisotopic (exact) mass is 316 g/mol. The Hall–Kier alpha value is -0.790. The lowest BCUT2D eigenvalue weighted by Crippen LogP contribution is -2.51. The van der Waals surface area contributed by atoms with Crippen LogP contribution in [0.15, 0.2) is 11.6 Å². The van der Waals surface area contributed by atoms with Gasteiger partial charge in [-0.2, -0.15) is 0 Å². The fraction of sp³-hybridized carbons (Fsp3) is 0.857. The molecule has 128 valence electrons. The van der Waals surface area contributed by atoms with Gasteiger partial charge in [-0.1, -0.05) is 25.5 Å². The summed E-state index contributed by atoms with van der Waals surface area (Å²) in [5.74, 6) is 2.41. The van der Waals surface area contributed by atoms with Gasteiger partial charge in [0, 0.05) is 12.3 Å². The van der Waals surface area contributed by atoms with Crippen molar-refractivity contribution >= 4 is 5.97 Å². The molecule has 1 unspecified atom stereocenters. The topological polar surface area (TPSA) is 26.3 Å². The van der Waals surface area contributed by atoms with Crippen LogP contribution in [0.3, 0.4) is 0 Å². The van der Waals surface area contributed by atoms with E-state index < -0.39 is 0 Å². The molecule has 0 bridgehead atoms. The van der Waals surface area contributed by atoms with Crippen LogP contribution in [0, 0.1) is 28.6 Å². The molecule has 0 aromatic carbocycles. The lowest BCUT2D eigenvalue weighted by atomic mass is 9.47. The van der Waals surface area contributed by atoms with Crippen molar-refractivity contribution in [2.75, 3.05) is 0 Å². The Bertz CT molecular complexity index is 536. The lowest BCUT2D eigenvalue weighted by molar-refractivity contribution is -0.157. The molecule has 2 nitrogen and oxygen atoms in total. The van der Waals surface area contributed by atoms with Gasteiger partial charge in [-0.3, -0.25) is 4.79 Å². The van der Waals surface area contributed by atoms with Crippen LogP contribution < -0.4 is 0 Å². The SMILES string of the molecule is CC(=O)OC1CC[C@H]2[C@@H]3CCC4=CCCC[C@]4(C)[C@@H]3CC[C@]12C.